The molecular formula is C37H81NO4Si3. The van der Waals surface area contributed by atoms with E-state index in [1.165, 1.54) is 64.2 Å². The molecule has 0 aliphatic rings. The van der Waals surface area contributed by atoms with Crippen molar-refractivity contribution < 1.29 is 18.1 Å². The molecule has 0 aromatic heterocycles. The molecule has 5 nitrogen and oxygen atoms in total. The number of carbonyl (C=O) groups excluding carboxylic acids is 1. The van der Waals surface area contributed by atoms with Crippen LogP contribution < -0.4 is 5.32 Å². The maximum atomic E-state index is 13.7. The fourth-order valence-corrected chi connectivity index (χ4v) is 7.53. The van der Waals surface area contributed by atoms with Gasteiger partial charge in [0, 0.05) is 6.42 Å². The molecule has 0 spiro atoms. The van der Waals surface area contributed by atoms with Crippen LogP contribution in [-0.2, 0) is 18.1 Å². The van der Waals surface area contributed by atoms with Gasteiger partial charge in [-0.1, -0.05) is 140 Å². The first-order valence-corrected chi connectivity index (χ1v) is 27.3. The average molecular weight is 688 g/mol. The van der Waals surface area contributed by atoms with Crippen LogP contribution in [0, 0.1) is 0 Å². The van der Waals surface area contributed by atoms with Gasteiger partial charge in [0.1, 0.15) is 5.54 Å². The molecule has 1 amide bonds. The monoisotopic (exact) mass is 688 g/mol. The van der Waals surface area contributed by atoms with Crippen LogP contribution in [0.1, 0.15) is 153 Å². The summed E-state index contributed by atoms with van der Waals surface area (Å²) < 4.78 is 20.6. The molecular weight excluding hydrogens is 607 g/mol. The number of hydrogen-bond acceptors (Lipinski definition) is 4. The Morgan fingerprint density at radius 2 is 0.756 bits per heavy atom. The summed E-state index contributed by atoms with van der Waals surface area (Å²) in [6.45, 7) is 37.7. The molecule has 45 heavy (non-hydrogen) atoms. The lowest BCUT2D eigenvalue weighted by Gasteiger charge is -2.46. The molecule has 0 aromatic rings. The highest BCUT2D eigenvalue weighted by molar-refractivity contribution is 6.75. The van der Waals surface area contributed by atoms with Gasteiger partial charge in [-0.05, 0) is 60.8 Å². The molecule has 1 N–H and O–H groups in total. The van der Waals surface area contributed by atoms with Gasteiger partial charge < -0.3 is 18.6 Å². The minimum absolute atomic E-state index is 0.0678. The van der Waals surface area contributed by atoms with Gasteiger partial charge in [0.2, 0.25) is 5.91 Å². The third-order valence-corrected chi connectivity index (χ3v) is 24.6. The van der Waals surface area contributed by atoms with E-state index in [0.29, 0.717) is 26.2 Å². The first-order chi connectivity index (χ1) is 20.3. The summed E-state index contributed by atoms with van der Waals surface area (Å²) in [5.41, 5.74) is -0.727. The van der Waals surface area contributed by atoms with Gasteiger partial charge in [0.25, 0.3) is 0 Å². The third-order valence-electron chi connectivity index (χ3n) is 11.2. The van der Waals surface area contributed by atoms with Crippen LogP contribution in [0.15, 0.2) is 0 Å². The van der Waals surface area contributed by atoms with Gasteiger partial charge >= 0.3 is 0 Å². The van der Waals surface area contributed by atoms with E-state index in [9.17, 15) is 4.79 Å². The molecule has 270 valence electrons. The van der Waals surface area contributed by atoms with Crippen molar-refractivity contribution in [2.45, 2.75) is 213 Å². The van der Waals surface area contributed by atoms with Crippen LogP contribution in [0.4, 0.5) is 0 Å². The summed E-state index contributed by atoms with van der Waals surface area (Å²) in [6, 6.07) is 0. The van der Waals surface area contributed by atoms with Gasteiger partial charge in [-0.2, -0.15) is 0 Å². The lowest BCUT2D eigenvalue weighted by molar-refractivity contribution is -0.125. The van der Waals surface area contributed by atoms with Gasteiger partial charge in [0.15, 0.2) is 25.0 Å². The van der Waals surface area contributed by atoms with E-state index in [1.54, 1.807) is 0 Å². The van der Waals surface area contributed by atoms with Gasteiger partial charge in [0.05, 0.1) is 19.8 Å². The van der Waals surface area contributed by atoms with Crippen LogP contribution in [0.2, 0.25) is 54.4 Å². The molecule has 0 unspecified atom stereocenters. The maximum Gasteiger partial charge on any atom is 0.220 e. The normalized spacial score (nSPS) is 14.2. The van der Waals surface area contributed by atoms with Crippen LogP contribution >= 0.6 is 0 Å². The van der Waals surface area contributed by atoms with Crippen LogP contribution in [0.3, 0.4) is 0 Å². The predicted octanol–water partition coefficient (Wildman–Crippen LogP) is 12.0. The highest BCUT2D eigenvalue weighted by Gasteiger charge is 2.46. The Labute approximate surface area is 285 Å². The summed E-state index contributed by atoms with van der Waals surface area (Å²) >= 11 is 0. The molecule has 0 heterocycles. The standard InChI is InChI=1S/C37H81NO4Si3/c1-17-18-19-20-21-22-23-24-25-26-27-28-29-33(39)38-37(30-40-43(11,12)34(2,3)4,31-41-44(13,14)35(5,6)7)32-42-45(15,16)36(8,9)10/h17-32H2,1-16H3,(H,38,39). The second-order valence-electron chi connectivity index (χ2n) is 18.6. The van der Waals surface area contributed by atoms with Gasteiger partial charge in [-0.3, -0.25) is 4.79 Å². The summed E-state index contributed by atoms with van der Waals surface area (Å²) in [4.78, 5) is 13.7. The third kappa shape index (κ3) is 17.3. The Balaban J connectivity index is 5.65. The van der Waals surface area contributed by atoms with E-state index in [2.05, 4.69) is 114 Å². The molecule has 0 rings (SSSR count). The van der Waals surface area contributed by atoms with Crippen molar-refractivity contribution in [1.82, 2.24) is 5.32 Å². The molecule has 0 aromatic carbocycles. The first-order valence-electron chi connectivity index (χ1n) is 18.6. The number of rotatable bonds is 23. The van der Waals surface area contributed by atoms with Crippen molar-refractivity contribution in [3.8, 4) is 0 Å². The Hall–Kier alpha value is 0.000649. The van der Waals surface area contributed by atoms with Gasteiger partial charge in [-0.15, -0.1) is 0 Å². The van der Waals surface area contributed by atoms with Crippen molar-refractivity contribution in [2.24, 2.45) is 0 Å². The van der Waals surface area contributed by atoms with Crippen molar-refractivity contribution in [3.63, 3.8) is 0 Å². The smallest absolute Gasteiger partial charge is 0.220 e. The Bertz CT molecular complexity index is 749. The van der Waals surface area contributed by atoms with E-state index in [1.807, 2.05) is 0 Å². The van der Waals surface area contributed by atoms with E-state index in [0.717, 1.165) is 12.8 Å². The summed E-state index contributed by atoms with van der Waals surface area (Å²) in [7, 11) is -6.26. The quantitative estimate of drug-likeness (QED) is 0.0858. The average Bonchev–Trinajstić information content (AvgIpc) is 2.88. The Morgan fingerprint density at radius 1 is 0.489 bits per heavy atom. The van der Waals surface area contributed by atoms with E-state index < -0.39 is 30.5 Å². The summed E-state index contributed by atoms with van der Waals surface area (Å²) in [6.07, 6.45) is 16.0. The van der Waals surface area contributed by atoms with Crippen molar-refractivity contribution in [3.05, 3.63) is 0 Å². The van der Waals surface area contributed by atoms with Crippen LogP contribution in [0.25, 0.3) is 0 Å². The van der Waals surface area contributed by atoms with Crippen molar-refractivity contribution >= 4 is 30.9 Å². The molecule has 0 bridgehead atoms. The fourth-order valence-electron chi connectivity index (χ4n) is 4.32. The first kappa shape index (κ1) is 45.0. The minimum Gasteiger partial charge on any atom is -0.414 e. The fraction of sp³-hybridized carbons (Fsp3) is 0.973. The van der Waals surface area contributed by atoms with Gasteiger partial charge in [-0.25, -0.2) is 0 Å². The number of amides is 1. The minimum atomic E-state index is -2.09. The lowest BCUT2D eigenvalue weighted by atomic mass is 10.0. The molecule has 0 aliphatic carbocycles. The highest BCUT2D eigenvalue weighted by Crippen LogP contribution is 2.40. The second kappa shape index (κ2) is 19.3. The zero-order chi connectivity index (χ0) is 35.2. The number of carbonyl (C=O) groups is 1. The molecule has 0 radical (unpaired) electrons. The highest BCUT2D eigenvalue weighted by atomic mass is 28.4. The molecule has 0 fully saturated rings. The molecule has 0 saturated carbocycles. The molecule has 0 saturated heterocycles. The SMILES string of the molecule is CCCCCCCCCCCCCCC(=O)NC(CO[Si](C)(C)C(C)(C)C)(CO[Si](C)(C)C(C)(C)C)CO[Si](C)(C)C(C)(C)C. The van der Waals surface area contributed by atoms with Crippen LogP contribution in [0.5, 0.6) is 0 Å². The topological polar surface area (TPSA) is 56.8 Å². The Kier molecular flexibility index (Phi) is 19.3. The second-order valence-corrected chi connectivity index (χ2v) is 33.0. The molecule has 0 atom stereocenters. The van der Waals surface area contributed by atoms with E-state index >= 15 is 0 Å². The van der Waals surface area contributed by atoms with E-state index in [-0.39, 0.29) is 21.0 Å². The lowest BCUT2D eigenvalue weighted by Crippen LogP contribution is -2.63. The molecule has 8 heteroatoms. The number of nitrogens with one attached hydrogen (secondary N) is 1. The largest absolute Gasteiger partial charge is 0.414 e. The van der Waals surface area contributed by atoms with Crippen LogP contribution in [-0.4, -0.2) is 56.2 Å². The molecule has 0 aliphatic heterocycles. The summed E-state index contributed by atoms with van der Waals surface area (Å²) in [5.74, 6) is 0.0959. The number of hydrogen-bond donors (Lipinski definition) is 1. The van der Waals surface area contributed by atoms with Crippen molar-refractivity contribution in [2.75, 3.05) is 19.8 Å². The zero-order valence-corrected chi connectivity index (χ0v) is 36.4. The van der Waals surface area contributed by atoms with Crippen molar-refractivity contribution in [1.29, 1.82) is 0 Å². The Morgan fingerprint density at radius 3 is 1.02 bits per heavy atom. The zero-order valence-electron chi connectivity index (χ0n) is 33.4. The predicted molar refractivity (Wildman–Crippen MR) is 206 cm³/mol. The maximum absolute atomic E-state index is 13.7. The van der Waals surface area contributed by atoms with E-state index in [4.69, 9.17) is 13.3 Å². The number of unbranched alkanes of at least 4 members (excludes halogenated alkanes) is 11. The summed E-state index contributed by atoms with van der Waals surface area (Å²) in [5, 5.41) is 3.70.